The van der Waals surface area contributed by atoms with Crippen molar-refractivity contribution in [2.45, 2.75) is 31.9 Å². The molecule has 0 amide bonds. The van der Waals surface area contributed by atoms with Crippen LogP contribution in [0.2, 0.25) is 12.6 Å². The second-order valence-corrected chi connectivity index (χ2v) is 16.6. The van der Waals surface area contributed by atoms with Gasteiger partial charge in [-0.2, -0.15) is 11.8 Å². The number of nitrogens with zero attached hydrogens (tertiary/aromatic N) is 2. The van der Waals surface area contributed by atoms with E-state index in [9.17, 15) is 14.7 Å². The van der Waals surface area contributed by atoms with Gasteiger partial charge >= 0.3 is 11.9 Å². The van der Waals surface area contributed by atoms with Crippen molar-refractivity contribution < 1.29 is 24.4 Å². The molecule has 0 spiro atoms. The van der Waals surface area contributed by atoms with E-state index in [1.165, 1.54) is 46.4 Å². The number of hydrogen-bond acceptors (Lipinski definition) is 4. The minimum absolute atomic E-state index is 0.132. The molecule has 8 heteroatoms. The number of benzene rings is 2. The highest BCUT2D eigenvalue weighted by atomic mass is 32.2. The van der Waals surface area contributed by atoms with E-state index in [1.54, 1.807) is 12.1 Å². The minimum Gasteiger partial charge on any atom is -0.481 e. The quantitative estimate of drug-likeness (QED) is 0.256. The molecule has 0 bridgehead atoms. The topological polar surface area (TPSA) is 80.8 Å². The number of rotatable bonds is 9. The fraction of sp³-hybridized carbons (Fsp3) is 0.344. The lowest BCUT2D eigenvalue weighted by atomic mass is 9.87. The Kier molecular flexibility index (Phi) is 7.31. The van der Waals surface area contributed by atoms with Gasteiger partial charge in [-0.3, -0.25) is 4.79 Å². The monoisotopic (exact) mass is 571 g/mol. The zero-order chi connectivity index (χ0) is 27.9. The molecule has 0 saturated carbocycles. The van der Waals surface area contributed by atoms with Crippen LogP contribution in [-0.4, -0.2) is 78.2 Å². The first-order valence-corrected chi connectivity index (χ1v) is 18.0. The van der Waals surface area contributed by atoms with Crippen LogP contribution >= 0.6 is 11.8 Å². The summed E-state index contributed by atoms with van der Waals surface area (Å²) in [6.07, 6.45) is 10.2. The SMILES string of the molecule is C[Si@]1(CCCSCC(=O)O)C2=CC(=[N+]3CCC3)C=CC2=C(c2ccccc2C(=O)O)c2ccc(N3CCC3)cc21. The van der Waals surface area contributed by atoms with E-state index in [0.29, 0.717) is 5.56 Å². The van der Waals surface area contributed by atoms with Crippen molar-refractivity contribution in [2.24, 2.45) is 0 Å². The molecule has 6 nitrogen and oxygen atoms in total. The first-order valence-electron chi connectivity index (χ1n) is 14.2. The maximum absolute atomic E-state index is 12.4. The second kappa shape index (κ2) is 10.9. The molecule has 2 N–H and O–H groups in total. The first kappa shape index (κ1) is 26.8. The molecule has 1 atom stereocenters. The Bertz CT molecular complexity index is 1510. The molecule has 0 radical (unpaired) electrons. The Balaban J connectivity index is 1.55. The van der Waals surface area contributed by atoms with E-state index >= 15 is 0 Å². The maximum atomic E-state index is 12.4. The average Bonchev–Trinajstić information content (AvgIpc) is 2.87. The van der Waals surface area contributed by atoms with Gasteiger partial charge in [0, 0.05) is 30.9 Å². The van der Waals surface area contributed by atoms with Gasteiger partial charge < -0.3 is 15.1 Å². The summed E-state index contributed by atoms with van der Waals surface area (Å²) in [5.41, 5.74) is 6.89. The van der Waals surface area contributed by atoms with Crippen molar-refractivity contribution in [3.8, 4) is 0 Å². The van der Waals surface area contributed by atoms with Gasteiger partial charge in [-0.15, -0.1) is 0 Å². The van der Waals surface area contributed by atoms with E-state index in [1.807, 2.05) is 12.1 Å². The smallest absolute Gasteiger partial charge is 0.336 e. The van der Waals surface area contributed by atoms with Crippen LogP contribution in [0.25, 0.3) is 5.57 Å². The average molecular weight is 572 g/mol. The van der Waals surface area contributed by atoms with E-state index in [2.05, 4.69) is 52.4 Å². The maximum Gasteiger partial charge on any atom is 0.336 e. The lowest BCUT2D eigenvalue weighted by molar-refractivity contribution is -0.582. The third kappa shape index (κ3) is 4.77. The fourth-order valence-electron chi connectivity index (χ4n) is 6.38. The molecule has 2 aromatic rings. The fourth-order valence-corrected chi connectivity index (χ4v) is 11.6. The molecule has 0 unspecified atom stereocenters. The van der Waals surface area contributed by atoms with Crippen LogP contribution in [0, 0.1) is 0 Å². The summed E-state index contributed by atoms with van der Waals surface area (Å²) in [5, 5.41) is 22.0. The van der Waals surface area contributed by atoms with Crippen LogP contribution in [0.15, 0.2) is 71.5 Å². The third-order valence-electron chi connectivity index (χ3n) is 8.79. The van der Waals surface area contributed by atoms with Gasteiger partial charge in [0.2, 0.25) is 0 Å². The highest BCUT2D eigenvalue weighted by molar-refractivity contribution is 7.99. The van der Waals surface area contributed by atoms with Gasteiger partial charge in [-0.25, -0.2) is 9.37 Å². The van der Waals surface area contributed by atoms with Crippen LogP contribution in [0.3, 0.4) is 0 Å². The van der Waals surface area contributed by atoms with Crippen molar-refractivity contribution in [2.75, 3.05) is 42.6 Å². The molecule has 3 aliphatic heterocycles. The number of thioether (sulfide) groups is 1. The Morgan fingerprint density at radius 1 is 1.02 bits per heavy atom. The highest BCUT2D eigenvalue weighted by Gasteiger charge is 2.44. The number of allylic oxidation sites excluding steroid dienone is 5. The van der Waals surface area contributed by atoms with Crippen LogP contribution in [0.1, 0.15) is 40.7 Å². The van der Waals surface area contributed by atoms with Crippen LogP contribution in [-0.2, 0) is 4.79 Å². The molecule has 3 heterocycles. The summed E-state index contributed by atoms with van der Waals surface area (Å²) in [5.74, 6) is -0.735. The van der Waals surface area contributed by atoms with E-state index < -0.39 is 20.0 Å². The summed E-state index contributed by atoms with van der Waals surface area (Å²) in [4.78, 5) is 25.9. The summed E-state index contributed by atoms with van der Waals surface area (Å²) in [7, 11) is -2.29. The molecule has 2 saturated heterocycles. The molecule has 2 aromatic carbocycles. The van der Waals surface area contributed by atoms with Crippen molar-refractivity contribution >= 4 is 53.9 Å². The number of aliphatic carboxylic acids is 1. The van der Waals surface area contributed by atoms with Gasteiger partial charge in [0.15, 0.2) is 5.71 Å². The molecule has 2 fully saturated rings. The summed E-state index contributed by atoms with van der Waals surface area (Å²) < 4.78 is 2.43. The number of anilines is 1. The molecular formula is C32H35N2O4SSi+. The molecule has 6 rings (SSSR count). The number of carbonyl (C=O) groups is 2. The van der Waals surface area contributed by atoms with Gasteiger partial charge in [0.1, 0.15) is 21.2 Å². The predicted octanol–water partition coefficient (Wildman–Crippen LogP) is 4.80. The van der Waals surface area contributed by atoms with Crippen molar-refractivity contribution in [1.29, 1.82) is 0 Å². The predicted molar refractivity (Wildman–Crippen MR) is 165 cm³/mol. The van der Waals surface area contributed by atoms with E-state index in [0.717, 1.165) is 66.7 Å². The molecule has 40 heavy (non-hydrogen) atoms. The second-order valence-electron chi connectivity index (χ2n) is 11.2. The number of fused-ring (bicyclic) bond motifs is 2. The minimum atomic E-state index is -2.29. The molecular weight excluding hydrogens is 537 g/mol. The third-order valence-corrected chi connectivity index (χ3v) is 14.4. The summed E-state index contributed by atoms with van der Waals surface area (Å²) >= 11 is 1.49. The van der Waals surface area contributed by atoms with Crippen LogP contribution in [0.5, 0.6) is 0 Å². The van der Waals surface area contributed by atoms with Crippen molar-refractivity contribution in [1.82, 2.24) is 0 Å². The first-order chi connectivity index (χ1) is 19.4. The van der Waals surface area contributed by atoms with Crippen molar-refractivity contribution in [3.63, 3.8) is 0 Å². The molecule has 0 aromatic heterocycles. The Morgan fingerprint density at radius 2 is 1.82 bits per heavy atom. The zero-order valence-corrected chi connectivity index (χ0v) is 24.7. The Hall–Kier alpha value is -3.36. The number of carboxylic acids is 2. The largest absolute Gasteiger partial charge is 0.481 e. The molecule has 1 aliphatic carbocycles. The molecule has 4 aliphatic rings. The number of carboxylic acid groups (broad SMARTS) is 2. The van der Waals surface area contributed by atoms with Gasteiger partial charge in [0.25, 0.3) is 0 Å². The zero-order valence-electron chi connectivity index (χ0n) is 22.9. The lowest BCUT2D eigenvalue weighted by Crippen LogP contribution is -2.53. The molecule has 206 valence electrons. The van der Waals surface area contributed by atoms with Crippen LogP contribution < -0.4 is 10.1 Å². The Morgan fingerprint density at radius 3 is 2.50 bits per heavy atom. The van der Waals surface area contributed by atoms with Crippen LogP contribution in [0.4, 0.5) is 5.69 Å². The van der Waals surface area contributed by atoms with Gasteiger partial charge in [-0.1, -0.05) is 30.8 Å². The summed E-state index contributed by atoms with van der Waals surface area (Å²) in [6, 6.07) is 15.2. The van der Waals surface area contributed by atoms with E-state index in [4.69, 9.17) is 5.11 Å². The number of aromatic carboxylic acids is 1. The summed E-state index contributed by atoms with van der Waals surface area (Å²) in [6.45, 7) is 6.73. The van der Waals surface area contributed by atoms with Crippen molar-refractivity contribution in [3.05, 3.63) is 88.2 Å². The normalized spacial score (nSPS) is 21.3. The standard InChI is InChI=1S/C32H34N2O4SSi/c1-40(18-6-17-39-21-30(35)36)28-19-22(33-13-4-14-33)9-11-26(28)31(24-7-2-3-8-25(24)32(37)38)27-12-10-23(20-29(27)40)34-15-5-16-34/h2-3,7-12,19-20H,4-6,13-18,21H2,1H3,(H-,35,36,37,38)/p+1. The van der Waals surface area contributed by atoms with Gasteiger partial charge in [0.05, 0.1) is 17.7 Å². The van der Waals surface area contributed by atoms with Gasteiger partial charge in [-0.05, 0) is 81.6 Å². The number of hydrogen-bond donors (Lipinski definition) is 2. The lowest BCUT2D eigenvalue weighted by Gasteiger charge is -2.42. The highest BCUT2D eigenvalue weighted by Crippen LogP contribution is 2.44. The van der Waals surface area contributed by atoms with E-state index in [-0.39, 0.29) is 5.75 Å². The Labute approximate surface area is 240 Å².